The van der Waals surface area contributed by atoms with Crippen molar-refractivity contribution in [3.8, 4) is 5.69 Å². The van der Waals surface area contributed by atoms with Crippen molar-refractivity contribution in [2.75, 3.05) is 5.32 Å². The van der Waals surface area contributed by atoms with Gasteiger partial charge in [0.15, 0.2) is 11.6 Å². The van der Waals surface area contributed by atoms with Crippen molar-refractivity contribution in [1.82, 2.24) is 9.78 Å². The molecule has 7 heteroatoms. The second-order valence-electron chi connectivity index (χ2n) is 7.23. The molecule has 1 unspecified atom stereocenters. The van der Waals surface area contributed by atoms with E-state index in [0.29, 0.717) is 34.9 Å². The number of aromatic nitrogens is 2. The van der Waals surface area contributed by atoms with Crippen LogP contribution in [0.2, 0.25) is 5.02 Å². The van der Waals surface area contributed by atoms with E-state index in [4.69, 9.17) is 21.1 Å². The van der Waals surface area contributed by atoms with E-state index in [-0.39, 0.29) is 17.5 Å². The quantitative estimate of drug-likeness (QED) is 0.444. The van der Waals surface area contributed by atoms with Crippen LogP contribution in [-0.2, 0) is 6.42 Å². The molecule has 5 nitrogen and oxygen atoms in total. The average Bonchev–Trinajstić information content (AvgIpc) is 3.39. The smallest absolute Gasteiger partial charge is 0.169 e. The van der Waals surface area contributed by atoms with Crippen LogP contribution in [0.4, 0.5) is 15.9 Å². The highest BCUT2D eigenvalue weighted by atomic mass is 35.5. The van der Waals surface area contributed by atoms with Gasteiger partial charge < -0.3 is 9.73 Å². The monoisotopic (exact) mass is 421 g/mol. The Balaban J connectivity index is 1.61. The molecule has 0 saturated carbocycles. The highest BCUT2D eigenvalue weighted by Gasteiger charge is 2.34. The Morgan fingerprint density at radius 2 is 1.83 bits per heavy atom. The number of hydrogen-bond acceptors (Lipinski definition) is 4. The number of halogens is 2. The lowest BCUT2D eigenvalue weighted by atomic mass is 9.85. The SMILES string of the molecule is O=C1CC(c2ccco2)Cc2c1c(Nc1ccc(F)cc1)nn2-c1ccc(Cl)cc1. The van der Waals surface area contributed by atoms with Gasteiger partial charge in [-0.05, 0) is 60.7 Å². The molecule has 1 aliphatic rings. The summed E-state index contributed by atoms with van der Waals surface area (Å²) < 4.78 is 20.6. The van der Waals surface area contributed by atoms with Crippen molar-refractivity contribution < 1.29 is 13.6 Å². The van der Waals surface area contributed by atoms with Crippen LogP contribution >= 0.6 is 11.6 Å². The topological polar surface area (TPSA) is 60.1 Å². The maximum absolute atomic E-state index is 13.3. The van der Waals surface area contributed by atoms with Crippen molar-refractivity contribution in [1.29, 1.82) is 0 Å². The largest absolute Gasteiger partial charge is 0.469 e. The van der Waals surface area contributed by atoms with E-state index in [1.807, 2.05) is 24.3 Å². The molecular formula is C23H17ClFN3O2. The summed E-state index contributed by atoms with van der Waals surface area (Å²) in [5.41, 5.74) is 2.81. The Morgan fingerprint density at radius 1 is 1.07 bits per heavy atom. The fourth-order valence-corrected chi connectivity index (χ4v) is 3.97. The third-order valence-corrected chi connectivity index (χ3v) is 5.51. The van der Waals surface area contributed by atoms with Crippen LogP contribution in [-0.4, -0.2) is 15.6 Å². The summed E-state index contributed by atoms with van der Waals surface area (Å²) >= 11 is 6.04. The number of nitrogens with zero attached hydrogens (tertiary/aromatic N) is 2. The molecule has 0 radical (unpaired) electrons. The summed E-state index contributed by atoms with van der Waals surface area (Å²) in [6, 6.07) is 17.0. The van der Waals surface area contributed by atoms with Gasteiger partial charge >= 0.3 is 0 Å². The number of anilines is 2. The Bertz CT molecular complexity index is 1200. The van der Waals surface area contributed by atoms with Crippen molar-refractivity contribution in [2.24, 2.45) is 0 Å². The van der Waals surface area contributed by atoms with E-state index in [0.717, 1.165) is 17.1 Å². The number of carbonyl (C=O) groups is 1. The first kappa shape index (κ1) is 18.6. The van der Waals surface area contributed by atoms with Crippen LogP contribution in [0.25, 0.3) is 5.69 Å². The lowest BCUT2D eigenvalue weighted by Gasteiger charge is -2.21. The van der Waals surface area contributed by atoms with E-state index in [9.17, 15) is 9.18 Å². The van der Waals surface area contributed by atoms with Crippen LogP contribution in [0.1, 0.15) is 34.2 Å². The minimum Gasteiger partial charge on any atom is -0.469 e. The van der Waals surface area contributed by atoms with Gasteiger partial charge in [0.2, 0.25) is 0 Å². The van der Waals surface area contributed by atoms with E-state index in [1.54, 1.807) is 35.2 Å². The van der Waals surface area contributed by atoms with Crippen molar-refractivity contribution in [3.05, 3.63) is 94.8 Å². The minimum atomic E-state index is -0.327. The number of hydrogen-bond donors (Lipinski definition) is 1. The van der Waals surface area contributed by atoms with Gasteiger partial charge in [-0.3, -0.25) is 4.79 Å². The molecule has 2 aromatic carbocycles. The molecule has 0 spiro atoms. The fourth-order valence-electron chi connectivity index (χ4n) is 3.84. The average molecular weight is 422 g/mol. The van der Waals surface area contributed by atoms with Crippen LogP contribution in [0.5, 0.6) is 0 Å². The fraction of sp³-hybridized carbons (Fsp3) is 0.130. The number of furan rings is 1. The molecule has 2 heterocycles. The minimum absolute atomic E-state index is 0.0116. The van der Waals surface area contributed by atoms with Gasteiger partial charge in [-0.1, -0.05) is 11.6 Å². The van der Waals surface area contributed by atoms with Gasteiger partial charge in [0.25, 0.3) is 0 Å². The van der Waals surface area contributed by atoms with Crippen molar-refractivity contribution >= 4 is 28.9 Å². The summed E-state index contributed by atoms with van der Waals surface area (Å²) in [7, 11) is 0. The summed E-state index contributed by atoms with van der Waals surface area (Å²) in [5.74, 6) is 0.843. The van der Waals surface area contributed by atoms with Gasteiger partial charge in [-0.15, -0.1) is 5.10 Å². The zero-order valence-corrected chi connectivity index (χ0v) is 16.6. The Labute approximate surface area is 177 Å². The molecular weight excluding hydrogens is 405 g/mol. The number of fused-ring (bicyclic) bond motifs is 1. The molecule has 1 aliphatic carbocycles. The van der Waals surface area contributed by atoms with Crippen LogP contribution in [0.15, 0.2) is 71.3 Å². The highest BCUT2D eigenvalue weighted by molar-refractivity contribution is 6.30. The van der Waals surface area contributed by atoms with Gasteiger partial charge in [0, 0.05) is 29.5 Å². The summed E-state index contributed by atoms with van der Waals surface area (Å²) in [5, 5.41) is 8.48. The zero-order chi connectivity index (χ0) is 20.7. The number of carbonyl (C=O) groups excluding carboxylic acids is 1. The Hall–Kier alpha value is -3.38. The lowest BCUT2D eigenvalue weighted by molar-refractivity contribution is 0.0960. The molecule has 150 valence electrons. The van der Waals surface area contributed by atoms with E-state index < -0.39 is 0 Å². The van der Waals surface area contributed by atoms with Gasteiger partial charge in [0.05, 0.1) is 23.2 Å². The number of ketones is 1. The standard InChI is InChI=1S/C23H17ClFN3O2/c24-15-3-9-18(10-4-15)28-19-12-14(21-2-1-11-30-21)13-20(29)22(19)23(27-28)26-17-7-5-16(25)6-8-17/h1-11,14H,12-13H2,(H,26,27). The maximum atomic E-state index is 13.3. The van der Waals surface area contributed by atoms with Crippen molar-refractivity contribution in [3.63, 3.8) is 0 Å². The molecule has 5 rings (SSSR count). The van der Waals surface area contributed by atoms with Crippen LogP contribution < -0.4 is 5.32 Å². The summed E-state index contributed by atoms with van der Waals surface area (Å²) in [4.78, 5) is 13.1. The summed E-state index contributed by atoms with van der Waals surface area (Å²) in [6.07, 6.45) is 2.56. The molecule has 4 aromatic rings. The second-order valence-corrected chi connectivity index (χ2v) is 7.67. The van der Waals surface area contributed by atoms with Gasteiger partial charge in [-0.2, -0.15) is 0 Å². The highest BCUT2D eigenvalue weighted by Crippen LogP contribution is 2.38. The molecule has 0 aliphatic heterocycles. The molecule has 30 heavy (non-hydrogen) atoms. The summed E-state index contributed by atoms with van der Waals surface area (Å²) in [6.45, 7) is 0. The normalized spacial score (nSPS) is 15.8. The van der Waals surface area contributed by atoms with E-state index >= 15 is 0 Å². The lowest BCUT2D eigenvalue weighted by Crippen LogP contribution is -2.20. The van der Waals surface area contributed by atoms with E-state index in [1.165, 1.54) is 12.1 Å². The molecule has 0 saturated heterocycles. The van der Waals surface area contributed by atoms with Crippen molar-refractivity contribution in [2.45, 2.75) is 18.8 Å². The number of rotatable bonds is 4. The molecule has 2 aromatic heterocycles. The van der Waals surface area contributed by atoms with E-state index in [2.05, 4.69) is 5.32 Å². The third kappa shape index (κ3) is 3.39. The zero-order valence-electron chi connectivity index (χ0n) is 15.8. The molecule has 1 atom stereocenters. The molecule has 0 bridgehead atoms. The van der Waals surface area contributed by atoms with Gasteiger partial charge in [-0.25, -0.2) is 9.07 Å². The molecule has 0 amide bonds. The van der Waals surface area contributed by atoms with Gasteiger partial charge in [0.1, 0.15) is 11.6 Å². The first-order chi connectivity index (χ1) is 14.6. The number of benzene rings is 2. The second kappa shape index (κ2) is 7.46. The predicted molar refractivity (Wildman–Crippen MR) is 112 cm³/mol. The van der Waals surface area contributed by atoms with Crippen LogP contribution in [0, 0.1) is 5.82 Å². The Kier molecular flexibility index (Phi) is 4.64. The molecule has 0 fully saturated rings. The van der Waals surface area contributed by atoms with Crippen LogP contribution in [0.3, 0.4) is 0 Å². The first-order valence-corrected chi connectivity index (χ1v) is 9.93. The number of Topliss-reactive ketones (excluding diaryl/α,β-unsaturated/α-hetero) is 1. The predicted octanol–water partition coefficient (Wildman–Crippen LogP) is 5.91. The third-order valence-electron chi connectivity index (χ3n) is 5.26. The first-order valence-electron chi connectivity index (χ1n) is 9.55. The Morgan fingerprint density at radius 3 is 2.53 bits per heavy atom. The number of nitrogens with one attached hydrogen (secondary N) is 1. The molecule has 1 N–H and O–H groups in total. The maximum Gasteiger partial charge on any atom is 0.169 e.